The average molecular weight is 740 g/mol. The van der Waals surface area contributed by atoms with E-state index >= 15 is 0 Å². The minimum atomic E-state index is -5.86. The topological polar surface area (TPSA) is 376 Å². The molecular formula is C21H25N7O17P3-3. The van der Waals surface area contributed by atoms with Crippen molar-refractivity contribution in [2.75, 3.05) is 18.9 Å². The maximum Gasteiger partial charge on any atom is 0.292 e. The van der Waals surface area contributed by atoms with E-state index in [4.69, 9.17) is 20.9 Å². The number of fused-ring (bicyclic) bond motifs is 1. The third kappa shape index (κ3) is 8.12. The second-order valence-electron chi connectivity index (χ2n) is 10.2. The van der Waals surface area contributed by atoms with Gasteiger partial charge in [-0.3, -0.25) is 18.5 Å². The standard InChI is InChI=1S/C21H28N7O17P3/c22-17-12-19(25-7-24-17)28(8-26-12)21-16(44-46(33,34)35)14(30)11(43-21)6-41-48(38,39)45-47(36,37)40-5-10-13(29)15(31)20(42-10)27-3-1-2-9(4-27)18(23)32/h1-4,7-8,10-11,13-16,20-21,29-31H,5-6H2,(H7-,22,23,24,25,32,33,34,35,36,37,38,39)/p-3/t10-,11-,13-,14-,15-,16-,20-,21-/m1/s1. The SMILES string of the molecule is NC(=O)c1ccc[n+]([C@@H]2O[C@H](COP(=O)([O-])OP(=O)([O-])OC[C@H]3O[C@@H](n4cnc5c(N)ncnc54)[C@H](OP(=O)([O-])[O-])[C@@H]3O)[C@@H](O)[C@H]2O)c1. The normalized spacial score (nSPS) is 30.3. The first-order valence-corrected chi connectivity index (χ1v) is 17.7. The van der Waals surface area contributed by atoms with Gasteiger partial charge in [0.15, 0.2) is 36.2 Å². The number of aliphatic hydroxyl groups is 3. The first-order valence-electron chi connectivity index (χ1n) is 13.3. The van der Waals surface area contributed by atoms with Crippen molar-refractivity contribution >= 4 is 46.4 Å². The summed E-state index contributed by atoms with van der Waals surface area (Å²) in [5.41, 5.74) is 10.9. The lowest BCUT2D eigenvalue weighted by Crippen LogP contribution is -2.46. The molecule has 2 aliphatic heterocycles. The number of carbonyl (C=O) groups is 1. The molecule has 24 nitrogen and oxygen atoms in total. The van der Waals surface area contributed by atoms with E-state index in [1.807, 2.05) is 0 Å². The van der Waals surface area contributed by atoms with E-state index in [0.717, 1.165) is 17.2 Å². The number of rotatable bonds is 13. The van der Waals surface area contributed by atoms with E-state index in [0.29, 0.717) is 0 Å². The predicted octanol–water partition coefficient (Wildman–Crippen LogP) is -5.43. The highest BCUT2D eigenvalue weighted by Gasteiger charge is 2.49. The molecule has 5 heterocycles. The maximum atomic E-state index is 12.4. The van der Waals surface area contributed by atoms with Gasteiger partial charge in [0.25, 0.3) is 27.8 Å². The van der Waals surface area contributed by atoms with Crippen molar-refractivity contribution < 1.29 is 85.3 Å². The first-order chi connectivity index (χ1) is 22.4. The summed E-state index contributed by atoms with van der Waals surface area (Å²) in [6.45, 7) is -2.27. The molecule has 0 radical (unpaired) electrons. The minimum Gasteiger partial charge on any atom is -0.790 e. The number of pyridine rings is 1. The summed E-state index contributed by atoms with van der Waals surface area (Å²) in [5, 5.41) is 31.4. The lowest BCUT2D eigenvalue weighted by atomic mass is 10.1. The number of hydrogen-bond donors (Lipinski definition) is 5. The number of imidazole rings is 1. The van der Waals surface area contributed by atoms with Gasteiger partial charge >= 0.3 is 0 Å². The molecular weight excluding hydrogens is 715 g/mol. The summed E-state index contributed by atoms with van der Waals surface area (Å²) < 4.78 is 66.7. The van der Waals surface area contributed by atoms with Crippen LogP contribution in [0, 0.1) is 0 Å². The lowest BCUT2D eigenvalue weighted by Gasteiger charge is -2.34. The van der Waals surface area contributed by atoms with Crippen LogP contribution in [-0.2, 0) is 41.1 Å². The van der Waals surface area contributed by atoms with Crippen LogP contribution in [0.5, 0.6) is 0 Å². The molecule has 0 spiro atoms. The van der Waals surface area contributed by atoms with Crippen LogP contribution >= 0.6 is 23.5 Å². The van der Waals surface area contributed by atoms with Gasteiger partial charge in [-0.2, -0.15) is 4.57 Å². The highest BCUT2D eigenvalue weighted by atomic mass is 31.3. The Morgan fingerprint density at radius 1 is 0.979 bits per heavy atom. The molecule has 3 aromatic rings. The van der Waals surface area contributed by atoms with Gasteiger partial charge in [0.05, 0.1) is 27.4 Å². The fourth-order valence-corrected chi connectivity index (χ4v) is 7.35. The number of primary amides is 1. The zero-order valence-electron chi connectivity index (χ0n) is 23.8. The highest BCUT2D eigenvalue weighted by molar-refractivity contribution is 7.59. The van der Waals surface area contributed by atoms with Crippen molar-refractivity contribution in [3.63, 3.8) is 0 Å². The Morgan fingerprint density at radius 2 is 1.62 bits per heavy atom. The van der Waals surface area contributed by atoms with E-state index in [1.165, 1.54) is 29.1 Å². The summed E-state index contributed by atoms with van der Waals surface area (Å²) in [5.74, 6) is -0.906. The largest absolute Gasteiger partial charge is 0.790 e. The van der Waals surface area contributed by atoms with Crippen molar-refractivity contribution in [2.24, 2.45) is 5.73 Å². The van der Waals surface area contributed by atoms with Gasteiger partial charge in [-0.25, -0.2) is 19.3 Å². The number of phosphoric acid groups is 3. The molecule has 264 valence electrons. The van der Waals surface area contributed by atoms with Gasteiger partial charge in [0.2, 0.25) is 0 Å². The maximum absolute atomic E-state index is 12.4. The Balaban J connectivity index is 1.21. The van der Waals surface area contributed by atoms with Gasteiger partial charge in [-0.1, -0.05) is 0 Å². The van der Waals surface area contributed by atoms with Crippen molar-refractivity contribution in [3.8, 4) is 0 Å². The predicted molar refractivity (Wildman–Crippen MR) is 141 cm³/mol. The fourth-order valence-electron chi connectivity index (χ4n) is 4.81. The summed E-state index contributed by atoms with van der Waals surface area (Å²) in [7, 11) is -17.5. The Hall–Kier alpha value is -2.86. The molecule has 5 rings (SSSR count). The van der Waals surface area contributed by atoms with E-state index in [-0.39, 0.29) is 22.5 Å². The number of nitrogens with zero attached hydrogens (tertiary/aromatic N) is 5. The van der Waals surface area contributed by atoms with Crippen LogP contribution < -0.4 is 35.6 Å². The Kier molecular flexibility index (Phi) is 10.5. The molecule has 0 aromatic carbocycles. The van der Waals surface area contributed by atoms with E-state index in [9.17, 15) is 53.4 Å². The number of ether oxygens (including phenoxy) is 2. The number of aliphatic hydroxyl groups excluding tert-OH is 3. The Labute approximate surface area is 267 Å². The zero-order chi connectivity index (χ0) is 35.2. The summed E-state index contributed by atoms with van der Waals surface area (Å²) in [6, 6.07) is 2.75. The summed E-state index contributed by atoms with van der Waals surface area (Å²) in [4.78, 5) is 70.6. The van der Waals surface area contributed by atoms with Crippen LogP contribution in [-0.4, -0.2) is 90.6 Å². The molecule has 0 saturated carbocycles. The fraction of sp³-hybridized carbons (Fsp3) is 0.476. The molecule has 2 fully saturated rings. The van der Waals surface area contributed by atoms with Crippen LogP contribution in [0.1, 0.15) is 22.8 Å². The van der Waals surface area contributed by atoms with Crippen molar-refractivity contribution in [2.45, 2.75) is 49.1 Å². The van der Waals surface area contributed by atoms with E-state index in [2.05, 4.69) is 32.8 Å². The third-order valence-electron chi connectivity index (χ3n) is 6.96. The van der Waals surface area contributed by atoms with Crippen LogP contribution in [0.15, 0.2) is 37.2 Å². The molecule has 27 heteroatoms. The molecule has 0 aliphatic carbocycles. The van der Waals surface area contributed by atoms with E-state index in [1.54, 1.807) is 0 Å². The quantitative estimate of drug-likeness (QED) is 0.0806. The van der Waals surface area contributed by atoms with Crippen LogP contribution in [0.3, 0.4) is 0 Å². The number of carbonyl (C=O) groups excluding carboxylic acids is 1. The molecule has 10 atom stereocenters. The van der Waals surface area contributed by atoms with E-state index < -0.39 is 91.7 Å². The van der Waals surface area contributed by atoms with Gasteiger partial charge < -0.3 is 74.0 Å². The minimum absolute atomic E-state index is 0.0155. The molecule has 2 aliphatic rings. The van der Waals surface area contributed by atoms with Gasteiger partial charge in [0, 0.05) is 6.07 Å². The number of nitrogens with two attached hydrogens (primary N) is 2. The molecule has 48 heavy (non-hydrogen) atoms. The second-order valence-corrected chi connectivity index (χ2v) is 14.2. The summed E-state index contributed by atoms with van der Waals surface area (Å²) >= 11 is 0. The highest BCUT2D eigenvalue weighted by Crippen LogP contribution is 2.56. The number of phosphoric ester groups is 3. The van der Waals surface area contributed by atoms with Gasteiger partial charge in [-0.15, -0.1) is 0 Å². The average Bonchev–Trinajstić information content (AvgIpc) is 3.64. The molecule has 0 bridgehead atoms. The number of amides is 1. The smallest absolute Gasteiger partial charge is 0.292 e. The van der Waals surface area contributed by atoms with Crippen LogP contribution in [0.25, 0.3) is 11.2 Å². The van der Waals surface area contributed by atoms with Gasteiger partial charge in [0.1, 0.15) is 47.9 Å². The zero-order valence-corrected chi connectivity index (χ0v) is 26.5. The number of anilines is 1. The van der Waals surface area contributed by atoms with Crippen LogP contribution in [0.2, 0.25) is 0 Å². The third-order valence-corrected chi connectivity index (χ3v) is 9.99. The Morgan fingerprint density at radius 3 is 2.25 bits per heavy atom. The van der Waals surface area contributed by atoms with Crippen molar-refractivity contribution in [1.82, 2.24) is 19.5 Å². The number of nitrogen functional groups attached to an aromatic ring is 1. The summed E-state index contributed by atoms with van der Waals surface area (Å²) in [6.07, 6.45) is -9.25. The van der Waals surface area contributed by atoms with Crippen LogP contribution in [0.4, 0.5) is 5.82 Å². The van der Waals surface area contributed by atoms with Gasteiger partial charge in [-0.05, 0) is 6.07 Å². The number of hydrogen-bond acceptors (Lipinski definition) is 21. The van der Waals surface area contributed by atoms with Crippen molar-refractivity contribution in [1.29, 1.82) is 0 Å². The molecule has 2 unspecified atom stereocenters. The second kappa shape index (κ2) is 13.8. The molecule has 7 N–H and O–H groups in total. The molecule has 3 aromatic heterocycles. The number of aromatic nitrogens is 5. The first kappa shape index (κ1) is 36.4. The molecule has 1 amide bonds. The Bertz CT molecular complexity index is 1810. The van der Waals surface area contributed by atoms with Crippen molar-refractivity contribution in [3.05, 3.63) is 42.7 Å². The monoisotopic (exact) mass is 740 g/mol. The lowest BCUT2D eigenvalue weighted by molar-refractivity contribution is -0.765. The molecule has 2 saturated heterocycles.